The van der Waals surface area contributed by atoms with Gasteiger partial charge in [0.05, 0.1) is 0 Å². The highest BCUT2D eigenvalue weighted by Gasteiger charge is 2.34. The first kappa shape index (κ1) is 18.0. The molecular weight excluding hydrogens is 282 g/mol. The predicted octanol–water partition coefficient (Wildman–Crippen LogP) is 3.68. The molecule has 22 heavy (non-hydrogen) atoms. The molecule has 1 aliphatic heterocycles. The van der Waals surface area contributed by atoms with Gasteiger partial charge in [0.25, 0.3) is 0 Å². The van der Waals surface area contributed by atoms with Gasteiger partial charge in [-0.2, -0.15) is 0 Å². The van der Waals surface area contributed by atoms with E-state index >= 15 is 0 Å². The molecule has 0 aliphatic carbocycles. The van der Waals surface area contributed by atoms with Crippen molar-refractivity contribution in [3.8, 4) is 0 Å². The molecule has 1 fully saturated rings. The topological polar surface area (TPSA) is 66.8 Å². The molecule has 5 heteroatoms. The quantitative estimate of drug-likeness (QED) is 0.921. The fourth-order valence-electron chi connectivity index (χ4n) is 2.04. The molecule has 2 rings (SSSR count). The van der Waals surface area contributed by atoms with Crippen LogP contribution in [-0.2, 0) is 16.1 Å². The summed E-state index contributed by atoms with van der Waals surface area (Å²) < 4.78 is 5.12. The number of rotatable bonds is 4. The van der Waals surface area contributed by atoms with Crippen molar-refractivity contribution in [2.45, 2.75) is 52.2 Å². The number of benzene rings is 1. The highest BCUT2D eigenvalue weighted by atomic mass is 16.6. The normalized spacial score (nSPS) is 16.6. The molecule has 0 spiro atoms. The molecule has 0 aromatic heterocycles. The van der Waals surface area contributed by atoms with Crippen LogP contribution in [0.15, 0.2) is 30.3 Å². The molecule has 0 radical (unpaired) electrons. The van der Waals surface area contributed by atoms with Gasteiger partial charge in [-0.05, 0) is 18.4 Å². The Labute approximate surface area is 131 Å². The smallest absolute Gasteiger partial charge is 0.410 e. The van der Waals surface area contributed by atoms with Gasteiger partial charge in [0.15, 0.2) is 0 Å². The molecule has 1 N–H and O–H groups in total. The van der Waals surface area contributed by atoms with E-state index in [1.807, 2.05) is 30.3 Å². The van der Waals surface area contributed by atoms with Crippen molar-refractivity contribution in [2.24, 2.45) is 0 Å². The van der Waals surface area contributed by atoms with Gasteiger partial charge in [0.1, 0.15) is 12.6 Å². The maximum absolute atomic E-state index is 11.8. The molecule has 1 heterocycles. The maximum atomic E-state index is 11.8. The van der Waals surface area contributed by atoms with Crippen LogP contribution in [0.25, 0.3) is 0 Å². The summed E-state index contributed by atoms with van der Waals surface area (Å²) in [5.41, 5.74) is 0.886. The second kappa shape index (κ2) is 9.82. The lowest BCUT2D eigenvalue weighted by Gasteiger charge is -2.20. The number of ether oxygens (including phenoxy) is 1. The van der Waals surface area contributed by atoms with Crippen LogP contribution >= 0.6 is 0 Å². The Morgan fingerprint density at radius 2 is 1.86 bits per heavy atom. The molecule has 5 nitrogen and oxygen atoms in total. The highest BCUT2D eigenvalue weighted by Crippen LogP contribution is 2.18. The Bertz CT molecular complexity index is 459. The molecule has 1 amide bonds. The van der Waals surface area contributed by atoms with E-state index in [1.165, 1.54) is 17.7 Å². The summed E-state index contributed by atoms with van der Waals surface area (Å²) in [7, 11) is 0. The average molecular weight is 307 g/mol. The van der Waals surface area contributed by atoms with E-state index in [0.717, 1.165) is 5.56 Å². The molecule has 1 saturated heterocycles. The average Bonchev–Trinajstić information content (AvgIpc) is 3.04. The van der Waals surface area contributed by atoms with Crippen molar-refractivity contribution < 1.29 is 19.4 Å². The van der Waals surface area contributed by atoms with Crippen LogP contribution in [0, 0.1) is 0 Å². The zero-order valence-electron chi connectivity index (χ0n) is 13.3. The van der Waals surface area contributed by atoms with Gasteiger partial charge < -0.3 is 9.84 Å². The third kappa shape index (κ3) is 5.76. The molecule has 1 atom stereocenters. The number of carbonyl (C=O) groups excluding carboxylic acids is 1. The van der Waals surface area contributed by atoms with Gasteiger partial charge in [-0.25, -0.2) is 9.59 Å². The first-order valence-electron chi connectivity index (χ1n) is 7.80. The van der Waals surface area contributed by atoms with Crippen LogP contribution in [0.4, 0.5) is 4.79 Å². The number of aliphatic carboxylic acids is 1. The number of carboxylic acid groups (broad SMARTS) is 1. The fraction of sp³-hybridized carbons (Fsp3) is 0.529. The van der Waals surface area contributed by atoms with Gasteiger partial charge in [-0.15, -0.1) is 0 Å². The Morgan fingerprint density at radius 1 is 1.23 bits per heavy atom. The largest absolute Gasteiger partial charge is 0.480 e. The van der Waals surface area contributed by atoms with E-state index in [0.29, 0.717) is 19.4 Å². The summed E-state index contributed by atoms with van der Waals surface area (Å²) in [4.78, 5) is 24.0. The molecule has 0 unspecified atom stereocenters. The lowest BCUT2D eigenvalue weighted by molar-refractivity contribution is -0.141. The number of unbranched alkanes of at least 4 members (excludes halogenated alkanes) is 1. The first-order chi connectivity index (χ1) is 10.6. The third-order valence-electron chi connectivity index (χ3n) is 3.48. The second-order valence-corrected chi connectivity index (χ2v) is 5.23. The molecule has 1 aromatic rings. The molecule has 1 aromatic carbocycles. The standard InChI is InChI=1S/C13H15NO4.C4H10/c15-12(16)11-7-4-8-14(11)13(17)18-9-10-5-2-1-3-6-10;1-3-4-2/h1-3,5-6,11H,4,7-9H2,(H,15,16);3-4H2,1-2H3/t11-;/m1./s1. The van der Waals surface area contributed by atoms with E-state index in [9.17, 15) is 9.59 Å². The lowest BCUT2D eigenvalue weighted by atomic mass is 10.2. The summed E-state index contributed by atoms with van der Waals surface area (Å²) in [5.74, 6) is -0.968. The van der Waals surface area contributed by atoms with E-state index in [-0.39, 0.29) is 6.61 Å². The van der Waals surface area contributed by atoms with Crippen LogP contribution in [0.2, 0.25) is 0 Å². The van der Waals surface area contributed by atoms with Crippen LogP contribution in [0.5, 0.6) is 0 Å². The van der Waals surface area contributed by atoms with Gasteiger partial charge in [0, 0.05) is 6.54 Å². The van der Waals surface area contributed by atoms with Crippen LogP contribution in [-0.4, -0.2) is 34.7 Å². The highest BCUT2D eigenvalue weighted by molar-refractivity contribution is 5.80. The maximum Gasteiger partial charge on any atom is 0.410 e. The third-order valence-corrected chi connectivity index (χ3v) is 3.48. The minimum absolute atomic E-state index is 0.169. The van der Waals surface area contributed by atoms with E-state index in [2.05, 4.69) is 13.8 Å². The summed E-state index contributed by atoms with van der Waals surface area (Å²) in [6.07, 6.45) is 3.29. The number of carbonyl (C=O) groups is 2. The number of hydrogen-bond acceptors (Lipinski definition) is 3. The van der Waals surface area contributed by atoms with Crippen molar-refractivity contribution in [1.29, 1.82) is 0 Å². The zero-order chi connectivity index (χ0) is 16.4. The van der Waals surface area contributed by atoms with Crippen molar-refractivity contribution in [3.05, 3.63) is 35.9 Å². The van der Waals surface area contributed by atoms with Crippen molar-refractivity contribution >= 4 is 12.1 Å². The van der Waals surface area contributed by atoms with Crippen LogP contribution in [0.1, 0.15) is 45.1 Å². The van der Waals surface area contributed by atoms with Crippen LogP contribution < -0.4 is 0 Å². The number of likely N-dealkylation sites (tertiary alicyclic amines) is 1. The summed E-state index contributed by atoms with van der Waals surface area (Å²) in [5, 5.41) is 8.97. The van der Waals surface area contributed by atoms with Crippen molar-refractivity contribution in [3.63, 3.8) is 0 Å². The van der Waals surface area contributed by atoms with Crippen molar-refractivity contribution in [2.75, 3.05) is 6.54 Å². The number of nitrogens with zero attached hydrogens (tertiary/aromatic N) is 1. The minimum Gasteiger partial charge on any atom is -0.480 e. The number of hydrogen-bond donors (Lipinski definition) is 1. The lowest BCUT2D eigenvalue weighted by Crippen LogP contribution is -2.40. The van der Waals surface area contributed by atoms with Gasteiger partial charge >= 0.3 is 12.1 Å². The molecule has 122 valence electrons. The molecule has 0 saturated carbocycles. The molecule has 1 aliphatic rings. The van der Waals surface area contributed by atoms with Gasteiger partial charge in [-0.1, -0.05) is 57.0 Å². The second-order valence-electron chi connectivity index (χ2n) is 5.23. The summed E-state index contributed by atoms with van der Waals surface area (Å²) >= 11 is 0. The minimum atomic E-state index is -0.968. The zero-order valence-corrected chi connectivity index (χ0v) is 13.3. The molecular formula is C17H25NO4. The summed E-state index contributed by atoms with van der Waals surface area (Å²) in [6, 6.07) is 8.57. The predicted molar refractivity (Wildman–Crippen MR) is 84.6 cm³/mol. The molecule has 0 bridgehead atoms. The Morgan fingerprint density at radius 3 is 2.41 bits per heavy atom. The monoisotopic (exact) mass is 307 g/mol. The number of amides is 1. The van der Waals surface area contributed by atoms with E-state index < -0.39 is 18.1 Å². The number of carboxylic acids is 1. The first-order valence-corrected chi connectivity index (χ1v) is 7.80. The SMILES string of the molecule is CCCC.O=C(O)[C@H]1CCCN1C(=O)OCc1ccccc1. The van der Waals surface area contributed by atoms with E-state index in [1.54, 1.807) is 0 Å². The fourth-order valence-corrected chi connectivity index (χ4v) is 2.04. The van der Waals surface area contributed by atoms with Gasteiger partial charge in [-0.3, -0.25) is 4.90 Å². The van der Waals surface area contributed by atoms with Crippen LogP contribution in [0.3, 0.4) is 0 Å². The Hall–Kier alpha value is -2.04. The Kier molecular flexibility index (Phi) is 8.04. The Balaban J connectivity index is 0.000000541. The van der Waals surface area contributed by atoms with Gasteiger partial charge in [0.2, 0.25) is 0 Å². The van der Waals surface area contributed by atoms with E-state index in [4.69, 9.17) is 9.84 Å². The van der Waals surface area contributed by atoms with Crippen molar-refractivity contribution in [1.82, 2.24) is 4.90 Å². The summed E-state index contributed by atoms with van der Waals surface area (Å²) in [6.45, 7) is 4.98.